The number of hydrogen-bond acceptors (Lipinski definition) is 2. The zero-order valence-electron chi connectivity index (χ0n) is 25.1. The van der Waals surface area contributed by atoms with Gasteiger partial charge in [0.2, 0.25) is 0 Å². The number of nitrogens with zero attached hydrogens (tertiary/aromatic N) is 2. The standard InChI is InChI=1S/C37H41Br2N2P/c1-5-40(6-2)36(29-19-23-31(38)24-20-29)27-35(28-37(41(7-3)8-4)30-21-25-32(39)26-22-30)42(33-15-11-9-12-16-33)34-17-13-10-14-18-34/h9-28,35H,5-8H2,1-4H3/b36-27-,37-28-. The van der Waals surface area contributed by atoms with E-state index in [0.29, 0.717) is 0 Å². The van der Waals surface area contributed by atoms with Crippen LogP contribution in [0, 0.1) is 0 Å². The van der Waals surface area contributed by atoms with Gasteiger partial charge in [0.1, 0.15) is 0 Å². The summed E-state index contributed by atoms with van der Waals surface area (Å²) in [7, 11) is -0.767. The van der Waals surface area contributed by atoms with Crippen molar-refractivity contribution in [3.63, 3.8) is 0 Å². The van der Waals surface area contributed by atoms with Crippen molar-refractivity contribution >= 4 is 61.8 Å². The van der Waals surface area contributed by atoms with E-state index in [2.05, 4.69) is 191 Å². The first-order valence-corrected chi connectivity index (χ1v) is 17.8. The highest BCUT2D eigenvalue weighted by Crippen LogP contribution is 2.44. The number of halogens is 2. The molecule has 0 bridgehead atoms. The maximum atomic E-state index is 3.65. The second kappa shape index (κ2) is 16.3. The topological polar surface area (TPSA) is 6.48 Å². The van der Waals surface area contributed by atoms with Crippen LogP contribution in [0.5, 0.6) is 0 Å². The molecule has 0 fully saturated rings. The monoisotopic (exact) mass is 702 g/mol. The third-order valence-electron chi connectivity index (χ3n) is 7.51. The van der Waals surface area contributed by atoms with Crippen LogP contribution < -0.4 is 10.6 Å². The molecule has 218 valence electrons. The van der Waals surface area contributed by atoms with E-state index in [1.165, 1.54) is 33.1 Å². The second-order valence-electron chi connectivity index (χ2n) is 9.99. The lowest BCUT2D eigenvalue weighted by atomic mass is 10.1. The van der Waals surface area contributed by atoms with Gasteiger partial charge in [-0.1, -0.05) is 117 Å². The number of rotatable bonds is 13. The molecule has 2 nitrogen and oxygen atoms in total. The first kappa shape index (κ1) is 32.3. The maximum Gasteiger partial charge on any atom is 0.0408 e. The molecule has 4 aromatic rings. The quantitative estimate of drug-likeness (QED) is 0.128. The Morgan fingerprint density at radius 3 is 1.19 bits per heavy atom. The first-order valence-electron chi connectivity index (χ1n) is 14.8. The van der Waals surface area contributed by atoms with Crippen molar-refractivity contribution in [3.8, 4) is 0 Å². The van der Waals surface area contributed by atoms with E-state index in [-0.39, 0.29) is 5.66 Å². The lowest BCUT2D eigenvalue weighted by Crippen LogP contribution is -2.26. The first-order chi connectivity index (χ1) is 20.5. The Labute approximate surface area is 271 Å². The largest absolute Gasteiger partial charge is 0.372 e. The van der Waals surface area contributed by atoms with Crippen molar-refractivity contribution in [2.45, 2.75) is 33.4 Å². The van der Waals surface area contributed by atoms with Crippen molar-refractivity contribution in [1.82, 2.24) is 9.80 Å². The maximum absolute atomic E-state index is 3.65. The lowest BCUT2D eigenvalue weighted by Gasteiger charge is -2.32. The molecule has 0 saturated carbocycles. The minimum absolute atomic E-state index is 0.142. The Balaban J connectivity index is 2.04. The van der Waals surface area contributed by atoms with Crippen LogP contribution in [0.4, 0.5) is 0 Å². The predicted octanol–water partition coefficient (Wildman–Crippen LogP) is 9.78. The zero-order valence-corrected chi connectivity index (χ0v) is 29.1. The highest BCUT2D eigenvalue weighted by molar-refractivity contribution is 9.10. The van der Waals surface area contributed by atoms with Gasteiger partial charge in [-0.2, -0.15) is 0 Å². The Morgan fingerprint density at radius 2 is 0.881 bits per heavy atom. The van der Waals surface area contributed by atoms with E-state index in [1.807, 2.05) is 0 Å². The number of hydrogen-bond donors (Lipinski definition) is 0. The summed E-state index contributed by atoms with van der Waals surface area (Å²) in [5.41, 5.74) is 5.18. The summed E-state index contributed by atoms with van der Waals surface area (Å²) in [6.07, 6.45) is 5.09. The molecule has 5 heteroatoms. The molecule has 0 aromatic heterocycles. The molecule has 0 heterocycles. The molecule has 4 aromatic carbocycles. The Kier molecular flexibility index (Phi) is 12.5. The third-order valence-corrected chi connectivity index (χ3v) is 11.2. The molecule has 0 aliphatic rings. The van der Waals surface area contributed by atoms with Gasteiger partial charge >= 0.3 is 0 Å². The smallest absolute Gasteiger partial charge is 0.0408 e. The Morgan fingerprint density at radius 1 is 0.548 bits per heavy atom. The molecular formula is C37H41Br2N2P. The van der Waals surface area contributed by atoms with Crippen molar-refractivity contribution in [2.24, 2.45) is 0 Å². The van der Waals surface area contributed by atoms with E-state index in [1.54, 1.807) is 0 Å². The highest BCUT2D eigenvalue weighted by Gasteiger charge is 2.25. The van der Waals surface area contributed by atoms with Crippen molar-refractivity contribution in [1.29, 1.82) is 0 Å². The van der Waals surface area contributed by atoms with Gasteiger partial charge < -0.3 is 9.80 Å². The fourth-order valence-corrected chi connectivity index (χ4v) is 8.41. The second-order valence-corrected chi connectivity index (χ2v) is 14.2. The molecular weight excluding hydrogens is 663 g/mol. The molecule has 42 heavy (non-hydrogen) atoms. The average Bonchev–Trinajstić information content (AvgIpc) is 3.03. The van der Waals surface area contributed by atoms with Crippen LogP contribution in [-0.2, 0) is 0 Å². The summed E-state index contributed by atoms with van der Waals surface area (Å²) in [4.78, 5) is 4.98. The summed E-state index contributed by atoms with van der Waals surface area (Å²) in [6.45, 7) is 12.8. The van der Waals surface area contributed by atoms with E-state index < -0.39 is 7.92 Å². The van der Waals surface area contributed by atoms with Gasteiger partial charge in [-0.15, -0.1) is 0 Å². The van der Waals surface area contributed by atoms with Gasteiger partial charge in [0.25, 0.3) is 0 Å². The minimum Gasteiger partial charge on any atom is -0.372 e. The predicted molar refractivity (Wildman–Crippen MR) is 193 cm³/mol. The van der Waals surface area contributed by atoms with Crippen molar-refractivity contribution in [2.75, 3.05) is 26.2 Å². The molecule has 0 saturated heterocycles. The normalized spacial score (nSPS) is 12.8. The summed E-state index contributed by atoms with van der Waals surface area (Å²) >= 11 is 7.30. The molecule has 0 amide bonds. The van der Waals surface area contributed by atoms with Gasteiger partial charge in [0.15, 0.2) is 0 Å². The van der Waals surface area contributed by atoms with Crippen LogP contribution in [0.15, 0.2) is 130 Å². The van der Waals surface area contributed by atoms with Crippen LogP contribution in [0.2, 0.25) is 0 Å². The van der Waals surface area contributed by atoms with E-state index in [4.69, 9.17) is 0 Å². The molecule has 0 N–H and O–H groups in total. The molecule has 0 aliphatic heterocycles. The molecule has 0 spiro atoms. The van der Waals surface area contributed by atoms with Crippen LogP contribution in [0.3, 0.4) is 0 Å². The molecule has 4 rings (SSSR count). The number of benzene rings is 4. The van der Waals surface area contributed by atoms with Crippen LogP contribution in [0.1, 0.15) is 38.8 Å². The fourth-order valence-electron chi connectivity index (χ4n) is 5.33. The number of allylic oxidation sites excluding steroid dienone is 2. The van der Waals surface area contributed by atoms with Gasteiger partial charge in [0.05, 0.1) is 0 Å². The summed E-state index contributed by atoms with van der Waals surface area (Å²) in [5, 5.41) is 2.75. The SMILES string of the molecule is CCN(CC)/C(=C\C(/C=C(/c1ccc(Br)cc1)N(CC)CC)P(c1ccccc1)c1ccccc1)c1ccc(Br)cc1. The summed E-state index contributed by atoms with van der Waals surface area (Å²) < 4.78 is 2.19. The molecule has 0 atom stereocenters. The van der Waals surface area contributed by atoms with Crippen molar-refractivity contribution in [3.05, 3.63) is 141 Å². The molecule has 0 aliphatic carbocycles. The summed E-state index contributed by atoms with van der Waals surface area (Å²) in [6, 6.07) is 39.7. The summed E-state index contributed by atoms with van der Waals surface area (Å²) in [5.74, 6) is 0. The molecule has 0 unspecified atom stereocenters. The van der Waals surface area contributed by atoms with Crippen LogP contribution in [-0.4, -0.2) is 41.6 Å². The third kappa shape index (κ3) is 8.25. The van der Waals surface area contributed by atoms with Crippen LogP contribution >= 0.6 is 39.8 Å². The highest BCUT2D eigenvalue weighted by atomic mass is 79.9. The lowest BCUT2D eigenvalue weighted by molar-refractivity contribution is 0.439. The van der Waals surface area contributed by atoms with E-state index in [0.717, 1.165) is 35.1 Å². The van der Waals surface area contributed by atoms with Crippen LogP contribution in [0.25, 0.3) is 11.4 Å². The van der Waals surface area contributed by atoms with Crippen molar-refractivity contribution < 1.29 is 0 Å². The zero-order chi connectivity index (χ0) is 29.9. The van der Waals surface area contributed by atoms with E-state index in [9.17, 15) is 0 Å². The van der Waals surface area contributed by atoms with Gasteiger partial charge in [0, 0.05) is 52.2 Å². The van der Waals surface area contributed by atoms with Gasteiger partial charge in [-0.05, 0) is 93.8 Å². The van der Waals surface area contributed by atoms with E-state index >= 15 is 0 Å². The minimum atomic E-state index is -0.767. The average molecular weight is 705 g/mol. The Hall–Kier alpha value is -2.65. The Bertz CT molecular complexity index is 1320. The fraction of sp³-hybridized carbons (Fsp3) is 0.243. The van der Waals surface area contributed by atoms with Gasteiger partial charge in [-0.25, -0.2) is 0 Å². The molecule has 0 radical (unpaired) electrons. The van der Waals surface area contributed by atoms with Gasteiger partial charge in [-0.3, -0.25) is 0 Å².